The number of rotatable bonds is 4. The van der Waals surface area contributed by atoms with E-state index in [0.29, 0.717) is 6.54 Å². The number of amides is 1. The first-order chi connectivity index (χ1) is 7.45. The second kappa shape index (κ2) is 5.01. The van der Waals surface area contributed by atoms with Gasteiger partial charge in [0.1, 0.15) is 0 Å². The fourth-order valence-electron chi connectivity index (χ4n) is 1.29. The van der Waals surface area contributed by atoms with Crippen LogP contribution in [0, 0.1) is 5.41 Å². The molecule has 1 amide bonds. The largest absolute Gasteiger partial charge is 0.399 e. The maximum Gasteiger partial charge on any atom is 0.225 e. The second-order valence-corrected chi connectivity index (χ2v) is 4.67. The molecule has 0 aliphatic heterocycles. The maximum atomic E-state index is 11.8. The van der Waals surface area contributed by atoms with Gasteiger partial charge in [-0.15, -0.1) is 0 Å². The molecule has 3 nitrogen and oxygen atoms in total. The molecule has 0 aliphatic carbocycles. The van der Waals surface area contributed by atoms with E-state index in [1.54, 1.807) is 0 Å². The zero-order chi connectivity index (χ0) is 12.2. The van der Waals surface area contributed by atoms with Gasteiger partial charge in [0.05, 0.1) is 0 Å². The van der Waals surface area contributed by atoms with Crippen molar-refractivity contribution in [2.75, 3.05) is 5.73 Å². The average Bonchev–Trinajstić information content (AvgIpc) is 2.26. The van der Waals surface area contributed by atoms with Gasteiger partial charge in [0.25, 0.3) is 0 Å². The van der Waals surface area contributed by atoms with Gasteiger partial charge in [-0.25, -0.2) is 0 Å². The molecule has 3 heteroatoms. The highest BCUT2D eigenvalue weighted by Gasteiger charge is 2.24. The third-order valence-electron chi connectivity index (χ3n) is 2.90. The molecule has 1 aromatic rings. The Morgan fingerprint density at radius 3 is 2.69 bits per heavy atom. The Kier molecular flexibility index (Phi) is 3.93. The predicted octanol–water partition coefficient (Wildman–Crippen LogP) is 2.32. The summed E-state index contributed by atoms with van der Waals surface area (Å²) in [5, 5.41) is 2.92. The van der Waals surface area contributed by atoms with Gasteiger partial charge in [-0.2, -0.15) is 0 Å². The summed E-state index contributed by atoms with van der Waals surface area (Å²) in [6.45, 7) is 6.44. The molecular formula is C13H20N2O. The van der Waals surface area contributed by atoms with Crippen LogP contribution in [-0.2, 0) is 11.3 Å². The Morgan fingerprint density at radius 1 is 1.44 bits per heavy atom. The zero-order valence-electron chi connectivity index (χ0n) is 10.2. The summed E-state index contributed by atoms with van der Waals surface area (Å²) in [5.74, 6) is 0.0809. The summed E-state index contributed by atoms with van der Waals surface area (Å²) >= 11 is 0. The van der Waals surface area contributed by atoms with E-state index in [4.69, 9.17) is 5.73 Å². The van der Waals surface area contributed by atoms with Crippen molar-refractivity contribution >= 4 is 11.6 Å². The molecule has 0 atom stereocenters. The highest BCUT2D eigenvalue weighted by atomic mass is 16.2. The Balaban J connectivity index is 2.56. The van der Waals surface area contributed by atoms with Crippen LogP contribution in [0.15, 0.2) is 24.3 Å². The number of benzene rings is 1. The lowest BCUT2D eigenvalue weighted by molar-refractivity contribution is -0.129. The van der Waals surface area contributed by atoms with Gasteiger partial charge in [0.2, 0.25) is 5.91 Å². The van der Waals surface area contributed by atoms with Crippen molar-refractivity contribution in [2.24, 2.45) is 5.41 Å². The molecular weight excluding hydrogens is 200 g/mol. The van der Waals surface area contributed by atoms with Gasteiger partial charge in [-0.1, -0.05) is 32.9 Å². The maximum absolute atomic E-state index is 11.8. The van der Waals surface area contributed by atoms with E-state index in [0.717, 1.165) is 17.7 Å². The van der Waals surface area contributed by atoms with Gasteiger partial charge < -0.3 is 11.1 Å². The molecule has 0 bridgehead atoms. The molecule has 1 rings (SSSR count). The van der Waals surface area contributed by atoms with Crippen molar-refractivity contribution in [1.82, 2.24) is 5.32 Å². The molecule has 0 radical (unpaired) electrons. The molecule has 0 fully saturated rings. The van der Waals surface area contributed by atoms with Crippen molar-refractivity contribution in [1.29, 1.82) is 0 Å². The third-order valence-corrected chi connectivity index (χ3v) is 2.90. The average molecular weight is 220 g/mol. The Bertz CT molecular complexity index is 372. The smallest absolute Gasteiger partial charge is 0.225 e. The van der Waals surface area contributed by atoms with Crippen LogP contribution in [0.1, 0.15) is 32.8 Å². The standard InChI is InChI=1S/C13H20N2O/c1-4-13(2,3)12(16)15-9-10-6-5-7-11(14)8-10/h5-8H,4,9,14H2,1-3H3,(H,15,16). The van der Waals surface area contributed by atoms with E-state index in [1.807, 2.05) is 45.0 Å². The molecule has 0 spiro atoms. The van der Waals surface area contributed by atoms with Crippen LogP contribution in [0.3, 0.4) is 0 Å². The Labute approximate surface area is 97.0 Å². The molecule has 0 aliphatic rings. The first-order valence-corrected chi connectivity index (χ1v) is 5.58. The first-order valence-electron chi connectivity index (χ1n) is 5.58. The normalized spacial score (nSPS) is 11.2. The van der Waals surface area contributed by atoms with Gasteiger partial charge in [0, 0.05) is 17.6 Å². The molecule has 0 saturated carbocycles. The lowest BCUT2D eigenvalue weighted by Crippen LogP contribution is -2.35. The molecule has 0 aromatic heterocycles. The van der Waals surface area contributed by atoms with Crippen LogP contribution in [0.2, 0.25) is 0 Å². The number of nitrogens with one attached hydrogen (secondary N) is 1. The number of nitrogen functional groups attached to an aromatic ring is 1. The van der Waals surface area contributed by atoms with Gasteiger partial charge >= 0.3 is 0 Å². The summed E-state index contributed by atoms with van der Waals surface area (Å²) < 4.78 is 0. The summed E-state index contributed by atoms with van der Waals surface area (Å²) in [6.07, 6.45) is 0.829. The minimum absolute atomic E-state index is 0.0809. The summed E-state index contributed by atoms with van der Waals surface area (Å²) in [5.41, 5.74) is 7.11. The van der Waals surface area contributed by atoms with E-state index in [9.17, 15) is 4.79 Å². The van der Waals surface area contributed by atoms with Crippen molar-refractivity contribution in [2.45, 2.75) is 33.7 Å². The van der Waals surface area contributed by atoms with E-state index in [2.05, 4.69) is 5.32 Å². The molecule has 88 valence electrons. The van der Waals surface area contributed by atoms with Gasteiger partial charge in [-0.05, 0) is 24.1 Å². The van der Waals surface area contributed by atoms with Crippen molar-refractivity contribution < 1.29 is 4.79 Å². The first kappa shape index (κ1) is 12.6. The molecule has 1 aromatic carbocycles. The van der Waals surface area contributed by atoms with Crippen molar-refractivity contribution in [3.05, 3.63) is 29.8 Å². The SMILES string of the molecule is CCC(C)(C)C(=O)NCc1cccc(N)c1. The van der Waals surface area contributed by atoms with Crippen LogP contribution in [-0.4, -0.2) is 5.91 Å². The number of carbonyl (C=O) groups excluding carboxylic acids is 1. The quantitative estimate of drug-likeness (QED) is 0.765. The molecule has 0 heterocycles. The monoisotopic (exact) mass is 220 g/mol. The lowest BCUT2D eigenvalue weighted by atomic mass is 9.89. The van der Waals surface area contributed by atoms with Crippen LogP contribution in [0.4, 0.5) is 5.69 Å². The van der Waals surface area contributed by atoms with Crippen LogP contribution >= 0.6 is 0 Å². The number of hydrogen-bond acceptors (Lipinski definition) is 2. The fraction of sp³-hybridized carbons (Fsp3) is 0.462. The van der Waals surface area contributed by atoms with Crippen molar-refractivity contribution in [3.8, 4) is 0 Å². The Hall–Kier alpha value is -1.51. The molecule has 3 N–H and O–H groups in total. The minimum atomic E-state index is -0.305. The number of anilines is 1. The second-order valence-electron chi connectivity index (χ2n) is 4.67. The van der Waals surface area contributed by atoms with Gasteiger partial charge in [-0.3, -0.25) is 4.79 Å². The van der Waals surface area contributed by atoms with E-state index in [-0.39, 0.29) is 11.3 Å². The van der Waals surface area contributed by atoms with Crippen LogP contribution < -0.4 is 11.1 Å². The van der Waals surface area contributed by atoms with Gasteiger partial charge in [0.15, 0.2) is 0 Å². The van der Waals surface area contributed by atoms with E-state index >= 15 is 0 Å². The van der Waals surface area contributed by atoms with Crippen molar-refractivity contribution in [3.63, 3.8) is 0 Å². The fourth-order valence-corrected chi connectivity index (χ4v) is 1.29. The molecule has 16 heavy (non-hydrogen) atoms. The topological polar surface area (TPSA) is 55.1 Å². The third kappa shape index (κ3) is 3.26. The zero-order valence-corrected chi connectivity index (χ0v) is 10.2. The van der Waals surface area contributed by atoms with E-state index in [1.165, 1.54) is 0 Å². The van der Waals surface area contributed by atoms with Crippen LogP contribution in [0.25, 0.3) is 0 Å². The highest BCUT2D eigenvalue weighted by Crippen LogP contribution is 2.19. The highest BCUT2D eigenvalue weighted by molar-refractivity contribution is 5.81. The summed E-state index contributed by atoms with van der Waals surface area (Å²) in [6, 6.07) is 7.55. The number of hydrogen-bond donors (Lipinski definition) is 2. The Morgan fingerprint density at radius 2 is 2.12 bits per heavy atom. The predicted molar refractivity (Wildman–Crippen MR) is 66.8 cm³/mol. The van der Waals surface area contributed by atoms with Crippen LogP contribution in [0.5, 0.6) is 0 Å². The molecule has 0 saturated heterocycles. The lowest BCUT2D eigenvalue weighted by Gasteiger charge is -2.21. The number of nitrogens with two attached hydrogens (primary N) is 1. The van der Waals surface area contributed by atoms with E-state index < -0.39 is 0 Å². The minimum Gasteiger partial charge on any atom is -0.399 e. The molecule has 0 unspecified atom stereocenters. The summed E-state index contributed by atoms with van der Waals surface area (Å²) in [7, 11) is 0. The number of carbonyl (C=O) groups is 1. The summed E-state index contributed by atoms with van der Waals surface area (Å²) in [4.78, 5) is 11.8.